The molecule has 1 aromatic carbocycles. The minimum atomic E-state index is 0.798. The zero-order chi connectivity index (χ0) is 14.4. The van der Waals surface area contributed by atoms with Crippen LogP contribution in [-0.2, 0) is 0 Å². The molecule has 0 spiro atoms. The molecule has 3 heteroatoms. The fourth-order valence-corrected chi connectivity index (χ4v) is 1.77. The molecule has 20 heavy (non-hydrogen) atoms. The molecule has 0 amide bonds. The Morgan fingerprint density at radius 2 is 1.90 bits per heavy atom. The van der Waals surface area contributed by atoms with Crippen molar-refractivity contribution < 1.29 is 0 Å². The molecular formula is C17H17N3. The normalized spacial score (nSPS) is 9.35. The number of imidazole rings is 1. The fraction of sp³-hybridized carbons (Fsp3) is 0.176. The molecule has 100 valence electrons. The van der Waals surface area contributed by atoms with Crippen LogP contribution in [0.3, 0.4) is 0 Å². The highest BCUT2D eigenvalue weighted by atomic mass is 15.2. The lowest BCUT2D eigenvalue weighted by Gasteiger charge is -1.93. The van der Waals surface area contributed by atoms with E-state index in [1.807, 2.05) is 38.1 Å². The van der Waals surface area contributed by atoms with Gasteiger partial charge in [-0.05, 0) is 42.7 Å². The number of aromatic nitrogens is 3. The molecule has 0 N–H and O–H groups in total. The Labute approximate surface area is 119 Å². The van der Waals surface area contributed by atoms with Crippen LogP contribution >= 0.6 is 0 Å². The molecule has 0 radical (unpaired) electrons. The van der Waals surface area contributed by atoms with Crippen molar-refractivity contribution in [1.29, 1.82) is 0 Å². The van der Waals surface area contributed by atoms with Gasteiger partial charge in [0, 0.05) is 11.8 Å². The summed E-state index contributed by atoms with van der Waals surface area (Å²) in [5.74, 6) is 6.23. The molecule has 0 saturated carbocycles. The van der Waals surface area contributed by atoms with Crippen LogP contribution in [0.25, 0.3) is 5.65 Å². The van der Waals surface area contributed by atoms with E-state index in [1.165, 1.54) is 5.56 Å². The van der Waals surface area contributed by atoms with Gasteiger partial charge >= 0.3 is 0 Å². The van der Waals surface area contributed by atoms with E-state index in [0.29, 0.717) is 0 Å². The summed E-state index contributed by atoms with van der Waals surface area (Å²) in [6, 6.07) is 11.9. The standard InChI is InChI=1S/C15H11N3.C2H6/c1-12-4-2-5-13(10-12)7-8-14-11-16-15-6-3-9-17-18(14)15;1-2/h2-6,9-11H,1H3;1-2H3. The van der Waals surface area contributed by atoms with Crippen molar-refractivity contribution in [2.75, 3.05) is 0 Å². The number of hydrogen-bond donors (Lipinski definition) is 0. The largest absolute Gasteiger partial charge is 0.234 e. The van der Waals surface area contributed by atoms with Gasteiger partial charge in [0.1, 0.15) is 5.69 Å². The summed E-state index contributed by atoms with van der Waals surface area (Å²) in [4.78, 5) is 4.25. The van der Waals surface area contributed by atoms with Gasteiger partial charge in [0.25, 0.3) is 0 Å². The first-order chi connectivity index (χ1) is 9.83. The van der Waals surface area contributed by atoms with Gasteiger partial charge in [-0.2, -0.15) is 5.10 Å². The summed E-state index contributed by atoms with van der Waals surface area (Å²) in [7, 11) is 0. The average Bonchev–Trinajstić information content (AvgIpc) is 2.91. The Hall–Kier alpha value is -2.60. The van der Waals surface area contributed by atoms with E-state index in [4.69, 9.17) is 0 Å². The van der Waals surface area contributed by atoms with Crippen LogP contribution in [0.5, 0.6) is 0 Å². The maximum absolute atomic E-state index is 4.25. The van der Waals surface area contributed by atoms with Gasteiger partial charge in [-0.25, -0.2) is 9.50 Å². The van der Waals surface area contributed by atoms with E-state index in [-0.39, 0.29) is 0 Å². The second-order valence-corrected chi connectivity index (χ2v) is 4.06. The molecule has 0 unspecified atom stereocenters. The van der Waals surface area contributed by atoms with E-state index >= 15 is 0 Å². The monoisotopic (exact) mass is 263 g/mol. The highest BCUT2D eigenvalue weighted by Crippen LogP contribution is 2.04. The first-order valence-electron chi connectivity index (χ1n) is 6.70. The molecule has 3 nitrogen and oxygen atoms in total. The fourth-order valence-electron chi connectivity index (χ4n) is 1.77. The maximum Gasteiger partial charge on any atom is 0.154 e. The van der Waals surface area contributed by atoms with Crippen LogP contribution in [0, 0.1) is 18.8 Å². The zero-order valence-corrected chi connectivity index (χ0v) is 12.0. The molecule has 0 atom stereocenters. The van der Waals surface area contributed by atoms with Gasteiger partial charge in [-0.15, -0.1) is 0 Å². The van der Waals surface area contributed by atoms with E-state index in [1.54, 1.807) is 16.9 Å². The topological polar surface area (TPSA) is 30.2 Å². The second-order valence-electron chi connectivity index (χ2n) is 4.06. The summed E-state index contributed by atoms with van der Waals surface area (Å²) in [6.07, 6.45) is 3.47. The highest BCUT2D eigenvalue weighted by molar-refractivity contribution is 5.46. The predicted molar refractivity (Wildman–Crippen MR) is 81.5 cm³/mol. The third-order valence-corrected chi connectivity index (χ3v) is 2.63. The number of aryl methyl sites for hydroxylation is 1. The number of hydrogen-bond acceptors (Lipinski definition) is 2. The van der Waals surface area contributed by atoms with Crippen LogP contribution in [-0.4, -0.2) is 14.6 Å². The molecule has 0 saturated heterocycles. The van der Waals surface area contributed by atoms with Crippen molar-refractivity contribution in [2.24, 2.45) is 0 Å². The molecular weight excluding hydrogens is 246 g/mol. The van der Waals surface area contributed by atoms with Gasteiger partial charge in [-0.3, -0.25) is 0 Å². The minimum absolute atomic E-state index is 0.798. The van der Waals surface area contributed by atoms with E-state index in [9.17, 15) is 0 Å². The third-order valence-electron chi connectivity index (χ3n) is 2.63. The highest BCUT2D eigenvalue weighted by Gasteiger charge is 1.99. The molecule has 2 heterocycles. The minimum Gasteiger partial charge on any atom is -0.234 e. The Bertz CT molecular complexity index is 760. The molecule has 2 aromatic heterocycles. The summed E-state index contributed by atoms with van der Waals surface area (Å²) < 4.78 is 1.74. The Balaban J connectivity index is 0.000000704. The van der Waals surface area contributed by atoms with Gasteiger partial charge < -0.3 is 0 Å². The molecule has 0 bridgehead atoms. The molecule has 3 aromatic rings. The quantitative estimate of drug-likeness (QED) is 0.581. The number of rotatable bonds is 0. The van der Waals surface area contributed by atoms with E-state index < -0.39 is 0 Å². The molecule has 0 aliphatic heterocycles. The Morgan fingerprint density at radius 3 is 2.70 bits per heavy atom. The van der Waals surface area contributed by atoms with Crippen molar-refractivity contribution in [3.05, 3.63) is 65.6 Å². The number of benzene rings is 1. The average molecular weight is 263 g/mol. The number of nitrogens with zero attached hydrogens (tertiary/aromatic N) is 3. The first kappa shape index (κ1) is 13.8. The van der Waals surface area contributed by atoms with Crippen molar-refractivity contribution in [3.8, 4) is 11.8 Å². The summed E-state index contributed by atoms with van der Waals surface area (Å²) in [5.41, 5.74) is 3.82. The van der Waals surface area contributed by atoms with E-state index in [0.717, 1.165) is 16.9 Å². The summed E-state index contributed by atoms with van der Waals surface area (Å²) >= 11 is 0. The number of fused-ring (bicyclic) bond motifs is 1. The summed E-state index contributed by atoms with van der Waals surface area (Å²) in [6.45, 7) is 6.06. The Morgan fingerprint density at radius 1 is 1.05 bits per heavy atom. The van der Waals surface area contributed by atoms with E-state index in [2.05, 4.69) is 41.0 Å². The molecule has 0 fully saturated rings. The molecule has 3 rings (SSSR count). The van der Waals surface area contributed by atoms with Crippen LogP contribution in [0.2, 0.25) is 0 Å². The predicted octanol–water partition coefficient (Wildman–Crippen LogP) is 3.46. The van der Waals surface area contributed by atoms with Gasteiger partial charge in [-0.1, -0.05) is 31.9 Å². The lowest BCUT2D eigenvalue weighted by molar-refractivity contribution is 0.923. The van der Waals surface area contributed by atoms with Gasteiger partial charge in [0.05, 0.1) is 6.20 Å². The molecule has 0 aliphatic carbocycles. The molecule has 0 aliphatic rings. The van der Waals surface area contributed by atoms with Crippen molar-refractivity contribution in [3.63, 3.8) is 0 Å². The van der Waals surface area contributed by atoms with Crippen LogP contribution in [0.4, 0.5) is 0 Å². The maximum atomic E-state index is 4.25. The van der Waals surface area contributed by atoms with Gasteiger partial charge in [0.2, 0.25) is 0 Å². The van der Waals surface area contributed by atoms with Crippen LogP contribution < -0.4 is 0 Å². The van der Waals surface area contributed by atoms with Crippen LogP contribution in [0.1, 0.15) is 30.7 Å². The lowest BCUT2D eigenvalue weighted by Crippen LogP contribution is -1.92. The smallest absolute Gasteiger partial charge is 0.154 e. The Kier molecular flexibility index (Phi) is 4.52. The van der Waals surface area contributed by atoms with Crippen molar-refractivity contribution in [1.82, 2.24) is 14.6 Å². The first-order valence-corrected chi connectivity index (χ1v) is 6.70. The SMILES string of the molecule is CC.Cc1cccc(C#Cc2cnc3cccnn23)c1. The zero-order valence-electron chi connectivity index (χ0n) is 12.0. The van der Waals surface area contributed by atoms with Crippen LogP contribution in [0.15, 0.2) is 48.8 Å². The lowest BCUT2D eigenvalue weighted by atomic mass is 10.1. The van der Waals surface area contributed by atoms with Gasteiger partial charge in [0.15, 0.2) is 5.65 Å². The second kappa shape index (κ2) is 6.53. The third kappa shape index (κ3) is 3.04. The van der Waals surface area contributed by atoms with Crippen molar-refractivity contribution >= 4 is 5.65 Å². The van der Waals surface area contributed by atoms with Crippen molar-refractivity contribution in [2.45, 2.75) is 20.8 Å². The summed E-state index contributed by atoms with van der Waals surface area (Å²) in [5, 5.41) is 4.22.